The number of nitro groups is 1. The predicted octanol–water partition coefficient (Wildman–Crippen LogP) is 23.5. The van der Waals surface area contributed by atoms with E-state index in [4.69, 9.17) is 10.5 Å². The maximum absolute atomic E-state index is 13.6. The molecular formula is C92H71F20N27O5. The fourth-order valence-electron chi connectivity index (χ4n) is 14.1. The first-order valence-electron chi connectivity index (χ1n) is 41.5. The summed E-state index contributed by atoms with van der Waals surface area (Å²) in [6.45, 7) is 5.60. The Hall–Kier alpha value is -17.8. The third-order valence-electron chi connectivity index (χ3n) is 20.6. The van der Waals surface area contributed by atoms with Gasteiger partial charge in [-0.3, -0.25) is 52.9 Å². The van der Waals surface area contributed by atoms with E-state index in [2.05, 4.69) is 111 Å². The number of imidazole rings is 3. The minimum atomic E-state index is -4.81. The monoisotopic (exact) mass is 2010 g/mol. The summed E-state index contributed by atoms with van der Waals surface area (Å²) in [6, 6.07) is 41.7. The van der Waals surface area contributed by atoms with Crippen LogP contribution in [0, 0.1) is 44.7 Å². The number of nitrogens with two attached hydrogens (primary N) is 1. The Labute approximate surface area is 798 Å². The van der Waals surface area contributed by atoms with Gasteiger partial charge in [-0.25, -0.2) is 44.9 Å². The Morgan fingerprint density at radius 1 is 0.410 bits per heavy atom. The SMILES string of the molecule is COc1ccc(Nc2cnc(N)c(-c3c(C(F)(F)F)nc4ccccn34)n2)cc1.Cc1c(-c2cncc(Nc3ccc(OC(F)(F)F)cc3)n2)c(C(F)(F)F)nn1C.Cc1c(-c2cncc(Nc3ccc(OC(F)F)cc3)n2)c(C(F)(F)F)nn1C.Cc1cccc2c1nc(C)n2-c1cncc(Nc2ccc(C(F)(F)F)cc2)n1.Cc1nc2c([N+](=O)[O-])cccc2n1-c1cncc(Nc2ccc(C(F)(F)F)cc2)n1. The van der Waals surface area contributed by atoms with Crippen LogP contribution in [0.3, 0.4) is 0 Å². The molecule has 0 unspecified atom stereocenters. The topological polar surface area (TPSA) is 374 Å². The lowest BCUT2D eigenvalue weighted by Gasteiger charge is -2.12. The Morgan fingerprint density at radius 2 is 0.806 bits per heavy atom. The van der Waals surface area contributed by atoms with Gasteiger partial charge >= 0.3 is 43.9 Å². The molecule has 7 aromatic carbocycles. The summed E-state index contributed by atoms with van der Waals surface area (Å²) < 4.78 is 278. The number of hydrogen-bond donors (Lipinski definition) is 6. The van der Waals surface area contributed by atoms with Crippen molar-refractivity contribution in [2.45, 2.75) is 78.5 Å². The highest BCUT2D eigenvalue weighted by Gasteiger charge is 2.43. The number of fused-ring (bicyclic) bond motifs is 3. The van der Waals surface area contributed by atoms with Crippen LogP contribution in [-0.4, -0.2) is 123 Å². The number of methoxy groups -OCH3 is 1. The van der Waals surface area contributed by atoms with Crippen molar-refractivity contribution in [3.8, 4) is 62.8 Å². The number of hydrogen-bond acceptors (Lipinski definition) is 26. The lowest BCUT2D eigenvalue weighted by Crippen LogP contribution is -2.16. The number of nitrogens with one attached hydrogen (secondary N) is 5. The normalized spacial score (nSPS) is 11.8. The van der Waals surface area contributed by atoms with E-state index in [1.54, 1.807) is 73.3 Å². The number of alkyl halides is 20. The Morgan fingerprint density at radius 3 is 1.22 bits per heavy atom. The summed E-state index contributed by atoms with van der Waals surface area (Å²) in [5, 5.41) is 32.8. The van der Waals surface area contributed by atoms with Gasteiger partial charge in [-0.05, 0) is 186 Å². The average Bonchev–Trinajstić information content (AvgIpc) is 1.57. The molecule has 144 heavy (non-hydrogen) atoms. The zero-order valence-corrected chi connectivity index (χ0v) is 75.2. The summed E-state index contributed by atoms with van der Waals surface area (Å²) in [6.07, 6.45) is -13.8. The van der Waals surface area contributed by atoms with Crippen molar-refractivity contribution in [1.29, 1.82) is 0 Å². The number of ether oxygens (including phenoxy) is 3. The van der Waals surface area contributed by atoms with Gasteiger partial charge < -0.3 is 46.5 Å². The number of rotatable bonds is 20. The van der Waals surface area contributed by atoms with Crippen LogP contribution >= 0.6 is 0 Å². The molecule has 0 amide bonds. The Bertz CT molecular complexity index is 7620. The van der Waals surface area contributed by atoms with Crippen molar-refractivity contribution in [3.63, 3.8) is 0 Å². The first kappa shape index (κ1) is 102. The molecule has 0 fully saturated rings. The largest absolute Gasteiger partial charge is 0.573 e. The van der Waals surface area contributed by atoms with Crippen LogP contribution < -0.4 is 46.5 Å². The summed E-state index contributed by atoms with van der Waals surface area (Å²) in [5.74, 6) is 3.48. The fraction of sp³-hybridized carbons (Fsp3) is 0.163. The van der Waals surface area contributed by atoms with Crippen LogP contribution in [0.4, 0.5) is 157 Å². The highest BCUT2D eigenvalue weighted by atomic mass is 19.4. The third kappa shape index (κ3) is 24.5. The quantitative estimate of drug-likeness (QED) is 0.0234. The summed E-state index contributed by atoms with van der Waals surface area (Å²) >= 11 is 0. The summed E-state index contributed by atoms with van der Waals surface area (Å²) in [4.78, 5) is 65.1. The molecular weight excluding hydrogens is 1940 g/mol. The second-order valence-corrected chi connectivity index (χ2v) is 30.5. The lowest BCUT2D eigenvalue weighted by atomic mass is 10.1. The number of anilines is 11. The van der Waals surface area contributed by atoms with Gasteiger partial charge in [-0.2, -0.15) is 84.8 Å². The highest BCUT2D eigenvalue weighted by Crippen LogP contribution is 2.44. The van der Waals surface area contributed by atoms with Gasteiger partial charge in [-0.1, -0.05) is 24.3 Å². The minimum absolute atomic E-state index is 0.000536. The number of benzene rings is 7. The molecule has 11 heterocycles. The first-order chi connectivity index (χ1) is 68.0. The molecule has 11 aromatic heterocycles. The van der Waals surface area contributed by atoms with Gasteiger partial charge in [0.25, 0.3) is 5.69 Å². The van der Waals surface area contributed by atoms with Crippen molar-refractivity contribution in [2.24, 2.45) is 14.1 Å². The first-order valence-corrected chi connectivity index (χ1v) is 41.5. The zero-order valence-electron chi connectivity index (χ0n) is 75.2. The van der Waals surface area contributed by atoms with Crippen molar-refractivity contribution in [2.75, 3.05) is 39.4 Å². The second kappa shape index (κ2) is 41.7. The lowest BCUT2D eigenvalue weighted by molar-refractivity contribution is -0.383. The standard InChI is InChI=1S/C20H16F3N5.C19H13F3N6O2.C19H15F3N6O.C17H13F6N5O.C17H14F5N5O/c1-12-4-3-5-16-19(12)25-13(2)28(16)18-11-24-10-17(27-18)26-15-8-6-14(7-9-15)20(21,22)23;1-11-24-18-14(3-2-4-15(18)28(29)30)27(11)17-10-23-9-16(26-17)25-13-7-5-12(6-8-13)19(20,21)22;1-29-12-7-5-11(6-8-12)25-13-10-24-18(23)15(26-13)16-17(19(20,21)22)27-14-4-2-3-9-28(14)16;1-9-14(15(16(18,19)20)27-28(9)2)12-7-24-8-13(26-12)25-10-3-5-11(6-4-10)29-17(21,22)23;1-9-14(15(17(20,21)22)26-27(9)2)12-7-23-8-13(25-12)24-10-3-5-11(6-4-10)28-16(18)19/h3-11H,1-2H3,(H,26,27);2-10H,1H3,(H,25,26);2-10H,1H3,(H2,23,24)(H,25,26);3-8H,1-2H3,(H,25,26);3-8,16H,1-2H3,(H,24,25). The van der Waals surface area contributed by atoms with E-state index in [0.717, 1.165) is 68.2 Å². The summed E-state index contributed by atoms with van der Waals surface area (Å²) in [5.41, 5.74) is 6.89. The number of para-hydroxylation sites is 2. The van der Waals surface area contributed by atoms with E-state index in [1.165, 1.54) is 161 Å². The molecule has 52 heteroatoms. The van der Waals surface area contributed by atoms with E-state index in [9.17, 15) is 97.9 Å². The van der Waals surface area contributed by atoms with Crippen molar-refractivity contribution < 1.29 is 107 Å². The fourth-order valence-corrected chi connectivity index (χ4v) is 14.1. The second-order valence-electron chi connectivity index (χ2n) is 30.5. The predicted molar refractivity (Wildman–Crippen MR) is 486 cm³/mol. The van der Waals surface area contributed by atoms with Gasteiger partial charge in [0, 0.05) is 66.2 Å². The molecule has 18 aromatic rings. The molecule has 0 radical (unpaired) electrons. The van der Waals surface area contributed by atoms with Crippen LogP contribution in [0.5, 0.6) is 17.2 Å². The Kier molecular flexibility index (Phi) is 29.6. The summed E-state index contributed by atoms with van der Waals surface area (Å²) in [7, 11) is 4.34. The molecule has 7 N–H and O–H groups in total. The van der Waals surface area contributed by atoms with Crippen LogP contribution in [0.25, 0.3) is 73.3 Å². The molecule has 0 aliphatic heterocycles. The number of aryl methyl sites for hydroxylation is 5. The Balaban J connectivity index is 0.000000143. The van der Waals surface area contributed by atoms with Crippen LogP contribution in [0.2, 0.25) is 0 Å². The number of non-ortho nitro benzene ring substituents is 1. The van der Waals surface area contributed by atoms with E-state index in [-0.39, 0.29) is 91.2 Å². The van der Waals surface area contributed by atoms with Gasteiger partial charge in [0.2, 0.25) is 0 Å². The van der Waals surface area contributed by atoms with E-state index >= 15 is 0 Å². The third-order valence-corrected chi connectivity index (χ3v) is 20.6. The molecule has 18 rings (SSSR count). The average molecular weight is 2010 g/mol. The number of nitro benzene ring substituents is 1. The molecule has 0 saturated heterocycles. The van der Waals surface area contributed by atoms with Crippen LogP contribution in [-0.2, 0) is 45.0 Å². The molecule has 0 bridgehead atoms. The molecule has 32 nitrogen and oxygen atoms in total. The highest BCUT2D eigenvalue weighted by molar-refractivity contribution is 5.87. The number of aromatic nitrogens is 20. The minimum Gasteiger partial charge on any atom is -0.497 e. The van der Waals surface area contributed by atoms with Crippen LogP contribution in [0.15, 0.2) is 238 Å². The molecule has 744 valence electrons. The van der Waals surface area contributed by atoms with Gasteiger partial charge in [0.1, 0.15) is 63.4 Å². The van der Waals surface area contributed by atoms with E-state index < -0.39 is 82.7 Å². The van der Waals surface area contributed by atoms with E-state index in [1.807, 2.05) is 36.6 Å². The van der Waals surface area contributed by atoms with Gasteiger partial charge in [-0.15, -0.1) is 13.2 Å². The molecule has 0 atom stereocenters. The number of nitrogens with zero attached hydrogens (tertiary/aromatic N) is 21. The van der Waals surface area contributed by atoms with Crippen molar-refractivity contribution in [1.82, 2.24) is 97.9 Å². The smallest absolute Gasteiger partial charge is 0.497 e. The number of halogens is 20. The molecule has 0 saturated carbocycles. The van der Waals surface area contributed by atoms with Crippen molar-refractivity contribution >= 4 is 96.7 Å². The maximum atomic E-state index is 13.6. The zero-order chi connectivity index (χ0) is 104. The van der Waals surface area contributed by atoms with Crippen molar-refractivity contribution in [3.05, 3.63) is 305 Å². The van der Waals surface area contributed by atoms with E-state index in [0.29, 0.717) is 68.8 Å². The molecule has 0 spiro atoms. The number of pyridine rings is 1. The van der Waals surface area contributed by atoms with Gasteiger partial charge in [0.15, 0.2) is 51.7 Å². The number of nitrogen functional groups attached to an aromatic ring is 1. The maximum Gasteiger partial charge on any atom is 0.573 e. The van der Waals surface area contributed by atoms with Gasteiger partial charge in [0.05, 0.1) is 118 Å². The van der Waals surface area contributed by atoms with Crippen LogP contribution in [0.1, 0.15) is 56.8 Å². The molecule has 0 aliphatic rings. The molecule has 0 aliphatic carbocycles.